The molecule has 1 aliphatic rings. The molecule has 150 valence electrons. The molecule has 0 bridgehead atoms. The number of hydrogen-bond donors (Lipinski definition) is 2. The number of rotatable bonds is 2. The second kappa shape index (κ2) is 7.71. The minimum Gasteiger partial charge on any atom is -0.427 e. The first-order chi connectivity index (χ1) is 13.6. The number of benzene rings is 2. The molecular weight excluding hydrogens is 369 g/mol. The molecule has 1 heterocycles. The summed E-state index contributed by atoms with van der Waals surface area (Å²) in [5.74, 6) is -0.763. The van der Waals surface area contributed by atoms with Crippen molar-refractivity contribution in [3.05, 3.63) is 64.2 Å². The van der Waals surface area contributed by atoms with Crippen molar-refractivity contribution in [3.63, 3.8) is 0 Å². The summed E-state index contributed by atoms with van der Waals surface area (Å²) in [6.45, 7) is 9.37. The second-order valence-corrected chi connectivity index (χ2v) is 8.16. The Morgan fingerprint density at radius 1 is 1.07 bits per heavy atom. The van der Waals surface area contributed by atoms with Crippen LogP contribution in [-0.4, -0.2) is 40.7 Å². The molecule has 0 aliphatic carbocycles. The van der Waals surface area contributed by atoms with Crippen LogP contribution in [0.1, 0.15) is 58.2 Å². The largest absolute Gasteiger partial charge is 0.583 e. The van der Waals surface area contributed by atoms with Crippen molar-refractivity contribution in [1.82, 2.24) is 10.4 Å². The maximum absolute atomic E-state index is 13.2. The molecule has 0 fully saturated rings. The van der Waals surface area contributed by atoms with Crippen LogP contribution >= 0.6 is 0 Å². The molecular formula is C21H24BN3O4. The Kier molecular flexibility index (Phi) is 5.48. The van der Waals surface area contributed by atoms with Crippen LogP contribution in [-0.2, 0) is 4.76 Å². The Morgan fingerprint density at radius 3 is 2.34 bits per heavy atom. The van der Waals surface area contributed by atoms with E-state index in [4.69, 9.17) is 4.76 Å². The monoisotopic (exact) mass is 393 g/mol. The van der Waals surface area contributed by atoms with Crippen LogP contribution in [0.15, 0.2) is 41.6 Å². The number of fused-ring (bicyclic) bond motifs is 1. The van der Waals surface area contributed by atoms with Gasteiger partial charge in [-0.15, -0.1) is 5.16 Å². The molecule has 2 N–H and O–H groups in total. The van der Waals surface area contributed by atoms with E-state index in [0.717, 1.165) is 11.1 Å². The second-order valence-electron chi connectivity index (χ2n) is 8.16. The summed E-state index contributed by atoms with van der Waals surface area (Å²) < 4.78 is 4.82. The van der Waals surface area contributed by atoms with Crippen molar-refractivity contribution < 1.29 is 19.4 Å². The highest BCUT2D eigenvalue weighted by Crippen LogP contribution is 2.18. The Morgan fingerprint density at radius 2 is 1.72 bits per heavy atom. The van der Waals surface area contributed by atoms with Gasteiger partial charge in [-0.25, -0.2) is 5.01 Å². The van der Waals surface area contributed by atoms with Gasteiger partial charge in [0.1, 0.15) is 0 Å². The first kappa shape index (κ1) is 20.6. The fourth-order valence-corrected chi connectivity index (χ4v) is 3.17. The minimum absolute atomic E-state index is 0.296. The number of hydrazine groups is 1. The van der Waals surface area contributed by atoms with E-state index in [9.17, 15) is 14.6 Å². The van der Waals surface area contributed by atoms with E-state index in [1.54, 1.807) is 24.3 Å². The third kappa shape index (κ3) is 4.48. The van der Waals surface area contributed by atoms with Gasteiger partial charge in [-0.1, -0.05) is 23.3 Å². The lowest BCUT2D eigenvalue weighted by Crippen LogP contribution is -2.56. The summed E-state index contributed by atoms with van der Waals surface area (Å²) >= 11 is 0. The summed E-state index contributed by atoms with van der Waals surface area (Å²) in [5, 5.41) is 14.9. The van der Waals surface area contributed by atoms with Gasteiger partial charge in [-0.2, -0.15) is 0 Å². The third-order valence-corrected chi connectivity index (χ3v) is 4.52. The summed E-state index contributed by atoms with van der Waals surface area (Å²) in [6.07, 6.45) is 1.47. The fraction of sp³-hybridized carbons (Fsp3) is 0.286. The molecule has 3 rings (SSSR count). The average molecular weight is 393 g/mol. The smallest absolute Gasteiger partial charge is 0.427 e. The van der Waals surface area contributed by atoms with E-state index >= 15 is 0 Å². The van der Waals surface area contributed by atoms with Gasteiger partial charge >= 0.3 is 7.12 Å². The average Bonchev–Trinajstić information content (AvgIpc) is 2.63. The first-order valence-electron chi connectivity index (χ1n) is 9.31. The van der Waals surface area contributed by atoms with E-state index in [1.165, 1.54) is 17.3 Å². The van der Waals surface area contributed by atoms with Crippen LogP contribution in [0, 0.1) is 13.8 Å². The quantitative estimate of drug-likeness (QED) is 0.603. The molecule has 7 nitrogen and oxygen atoms in total. The number of amides is 2. The Labute approximate surface area is 170 Å². The molecule has 29 heavy (non-hydrogen) atoms. The Balaban J connectivity index is 1.89. The molecule has 0 radical (unpaired) electrons. The normalized spacial score (nSPS) is 12.8. The summed E-state index contributed by atoms with van der Waals surface area (Å²) in [6, 6.07) is 10.4. The predicted octanol–water partition coefficient (Wildman–Crippen LogP) is 1.94. The summed E-state index contributed by atoms with van der Waals surface area (Å²) in [4.78, 5) is 26.1. The van der Waals surface area contributed by atoms with E-state index < -0.39 is 18.6 Å². The lowest BCUT2D eigenvalue weighted by molar-refractivity contribution is 0.0358. The standard InChI is InChI=1S/C21H24BN3O4/c1-13-8-14(2)10-17(9-13)20(27)25(21(3,4)5)24-19(26)15-6-7-16-12-23-29-22(28)18(16)11-15/h6-12,28H,1-5H3,(H,24,26). The van der Waals surface area contributed by atoms with Crippen molar-refractivity contribution in [2.75, 3.05) is 0 Å². The van der Waals surface area contributed by atoms with Gasteiger partial charge in [0, 0.05) is 16.6 Å². The van der Waals surface area contributed by atoms with Crippen LogP contribution in [0.2, 0.25) is 0 Å². The zero-order valence-corrected chi connectivity index (χ0v) is 17.2. The number of nitrogens with zero attached hydrogens (tertiary/aromatic N) is 2. The highest BCUT2D eigenvalue weighted by atomic mass is 16.6. The molecule has 8 heteroatoms. The van der Waals surface area contributed by atoms with Gasteiger partial charge in [-0.05, 0) is 64.4 Å². The van der Waals surface area contributed by atoms with E-state index in [-0.39, 0.29) is 5.91 Å². The first-order valence-corrected chi connectivity index (χ1v) is 9.31. The molecule has 0 atom stereocenters. The van der Waals surface area contributed by atoms with Gasteiger partial charge in [0.2, 0.25) is 0 Å². The van der Waals surface area contributed by atoms with Gasteiger partial charge in [-0.3, -0.25) is 15.0 Å². The SMILES string of the molecule is Cc1cc(C)cc(C(=O)N(NC(=O)c2ccc3c(c2)B(O)ON=C3)C(C)(C)C)c1. The molecule has 2 amide bonds. The van der Waals surface area contributed by atoms with Crippen LogP contribution in [0.4, 0.5) is 0 Å². The molecule has 0 saturated carbocycles. The van der Waals surface area contributed by atoms with Crippen molar-refractivity contribution in [2.24, 2.45) is 5.16 Å². The van der Waals surface area contributed by atoms with Crippen molar-refractivity contribution in [3.8, 4) is 0 Å². The van der Waals surface area contributed by atoms with Crippen molar-refractivity contribution >= 4 is 30.6 Å². The molecule has 0 saturated heterocycles. The van der Waals surface area contributed by atoms with Crippen LogP contribution < -0.4 is 10.9 Å². The highest BCUT2D eigenvalue weighted by molar-refractivity contribution is 6.62. The molecule has 2 aromatic carbocycles. The minimum atomic E-state index is -1.24. The number of nitrogens with one attached hydrogen (secondary N) is 1. The van der Waals surface area contributed by atoms with Crippen LogP contribution in [0.25, 0.3) is 0 Å². The Bertz CT molecular complexity index is 978. The molecule has 0 spiro atoms. The van der Waals surface area contributed by atoms with E-state index in [2.05, 4.69) is 10.6 Å². The zero-order chi connectivity index (χ0) is 21.3. The van der Waals surface area contributed by atoms with Crippen LogP contribution in [0.5, 0.6) is 0 Å². The van der Waals surface area contributed by atoms with Gasteiger partial charge < -0.3 is 9.78 Å². The summed E-state index contributed by atoms with van der Waals surface area (Å²) in [5.41, 5.74) is 5.91. The lowest BCUT2D eigenvalue weighted by Gasteiger charge is -2.35. The van der Waals surface area contributed by atoms with Crippen molar-refractivity contribution in [1.29, 1.82) is 0 Å². The number of carbonyl (C=O) groups excluding carboxylic acids is 2. The number of aryl methyl sites for hydroxylation is 2. The predicted molar refractivity (Wildman–Crippen MR) is 112 cm³/mol. The van der Waals surface area contributed by atoms with Crippen LogP contribution in [0.3, 0.4) is 0 Å². The lowest BCUT2D eigenvalue weighted by atomic mass is 9.75. The topological polar surface area (TPSA) is 91.2 Å². The summed E-state index contributed by atoms with van der Waals surface area (Å²) in [7, 11) is -1.24. The molecule has 0 unspecified atom stereocenters. The van der Waals surface area contributed by atoms with E-state index in [1.807, 2.05) is 40.7 Å². The molecule has 1 aliphatic heterocycles. The maximum atomic E-state index is 13.2. The van der Waals surface area contributed by atoms with Gasteiger partial charge in [0.05, 0.1) is 11.8 Å². The fourth-order valence-electron chi connectivity index (χ4n) is 3.17. The third-order valence-electron chi connectivity index (χ3n) is 4.52. The van der Waals surface area contributed by atoms with Gasteiger partial charge in [0.25, 0.3) is 11.8 Å². The Hall–Kier alpha value is -3.13. The number of carbonyl (C=O) groups is 2. The maximum Gasteiger partial charge on any atom is 0.583 e. The van der Waals surface area contributed by atoms with Crippen molar-refractivity contribution in [2.45, 2.75) is 40.2 Å². The zero-order valence-electron chi connectivity index (χ0n) is 17.2. The highest BCUT2D eigenvalue weighted by Gasteiger charge is 2.31. The molecule has 2 aromatic rings. The van der Waals surface area contributed by atoms with E-state index in [0.29, 0.717) is 22.2 Å². The number of hydrogen-bond acceptors (Lipinski definition) is 5. The number of oxime groups is 1. The molecule has 0 aromatic heterocycles. The van der Waals surface area contributed by atoms with Gasteiger partial charge in [0.15, 0.2) is 0 Å².